The molecule has 3 aromatic rings. The monoisotopic (exact) mass is 327 g/mol. The van der Waals surface area contributed by atoms with Crippen molar-refractivity contribution in [1.82, 2.24) is 0 Å². The molecule has 3 aromatic carbocycles. The number of nitrogens with two attached hydrogens (primary N) is 1. The fourth-order valence-electron chi connectivity index (χ4n) is 2.98. The maximum Gasteiger partial charge on any atom is 0.237 e. The molecule has 4 rings (SSSR count). The number of nitrogens with zero attached hydrogens (tertiary/aromatic N) is 1. The molecule has 2 N–H and O–H groups in total. The molecule has 0 fully saturated rings. The number of amidine groups is 1. The first-order chi connectivity index (χ1) is 12.3. The van der Waals surface area contributed by atoms with Gasteiger partial charge in [-0.25, -0.2) is 0 Å². The summed E-state index contributed by atoms with van der Waals surface area (Å²) < 4.78 is 5.25. The Hall–Kier alpha value is -3.17. The summed E-state index contributed by atoms with van der Waals surface area (Å²) in [5, 5.41) is 2.17. The van der Waals surface area contributed by atoms with E-state index in [-0.39, 0.29) is 0 Å². The van der Waals surface area contributed by atoms with Gasteiger partial charge >= 0.3 is 0 Å². The molecule has 0 amide bonds. The van der Waals surface area contributed by atoms with Crippen molar-refractivity contribution in [3.05, 3.63) is 102 Å². The molecule has 0 spiro atoms. The first kappa shape index (κ1) is 15.4. The zero-order valence-corrected chi connectivity index (χ0v) is 14.0. The lowest BCUT2D eigenvalue weighted by molar-refractivity contribution is -0.428. The predicted octanol–water partition coefficient (Wildman–Crippen LogP) is 3.54. The summed E-state index contributed by atoms with van der Waals surface area (Å²) in [4.78, 5) is 4.94. The first-order valence-electron chi connectivity index (χ1n) is 8.28. The van der Waals surface area contributed by atoms with Gasteiger partial charge in [-0.2, -0.15) is 4.99 Å². The molecule has 0 saturated heterocycles. The Bertz CT molecular complexity index is 927. The highest BCUT2D eigenvalue weighted by molar-refractivity contribution is 6.05. The van der Waals surface area contributed by atoms with Gasteiger partial charge in [-0.05, 0) is 36.4 Å². The Balaban J connectivity index is 1.77. The van der Waals surface area contributed by atoms with Crippen molar-refractivity contribution in [2.75, 3.05) is 7.11 Å². The minimum Gasteiger partial charge on any atom is -0.497 e. The molecule has 1 aliphatic heterocycles. The van der Waals surface area contributed by atoms with Crippen molar-refractivity contribution >= 4 is 17.2 Å². The average molecular weight is 327 g/mol. The van der Waals surface area contributed by atoms with Crippen LogP contribution in [0, 0.1) is 0 Å². The van der Waals surface area contributed by atoms with Gasteiger partial charge in [0.25, 0.3) is 0 Å². The normalized spacial score (nSPS) is 13.7. The van der Waals surface area contributed by atoms with Crippen LogP contribution in [0.1, 0.15) is 16.7 Å². The molecular formula is C22H19N2O+. The molecule has 0 radical (unpaired) electrons. The second kappa shape index (κ2) is 6.75. The van der Waals surface area contributed by atoms with Gasteiger partial charge < -0.3 is 4.74 Å². The van der Waals surface area contributed by atoms with E-state index in [9.17, 15) is 0 Å². The van der Waals surface area contributed by atoms with Gasteiger partial charge in [0, 0.05) is 11.1 Å². The molecule has 3 heteroatoms. The summed E-state index contributed by atoms with van der Waals surface area (Å²) >= 11 is 0. The maximum absolute atomic E-state index is 5.25. The van der Waals surface area contributed by atoms with E-state index in [0.717, 1.165) is 34.1 Å². The largest absolute Gasteiger partial charge is 0.497 e. The van der Waals surface area contributed by atoms with Crippen LogP contribution in [0.15, 0.2) is 89.9 Å². The van der Waals surface area contributed by atoms with E-state index < -0.39 is 0 Å². The van der Waals surface area contributed by atoms with Crippen LogP contribution in [0.3, 0.4) is 0 Å². The lowest BCUT2D eigenvalue weighted by Gasteiger charge is -2.04. The zero-order valence-electron chi connectivity index (χ0n) is 14.0. The van der Waals surface area contributed by atoms with Gasteiger partial charge in [0.05, 0.1) is 12.7 Å². The number of methoxy groups -OCH3 is 1. The molecule has 0 atom stereocenters. The van der Waals surface area contributed by atoms with Crippen LogP contribution in [0.4, 0.5) is 0 Å². The summed E-state index contributed by atoms with van der Waals surface area (Å²) in [6.45, 7) is 0. The van der Waals surface area contributed by atoms with Gasteiger partial charge in [-0.3, -0.25) is 5.32 Å². The zero-order chi connectivity index (χ0) is 17.1. The molecule has 122 valence electrons. The third-order valence-corrected chi connectivity index (χ3v) is 4.29. The SMILES string of the molecule is COc1ccc(C2=NC(c3ccccc3)=C(c3ccccc3)[NH2+]2)cc1. The van der Waals surface area contributed by atoms with Crippen LogP contribution in [0.25, 0.3) is 11.4 Å². The van der Waals surface area contributed by atoms with Crippen molar-refractivity contribution in [1.29, 1.82) is 0 Å². The van der Waals surface area contributed by atoms with Crippen molar-refractivity contribution < 1.29 is 10.1 Å². The van der Waals surface area contributed by atoms with Crippen LogP contribution in [0.5, 0.6) is 5.75 Å². The number of ether oxygens (including phenoxy) is 1. The second-order valence-electron chi connectivity index (χ2n) is 5.86. The Morgan fingerprint density at radius 2 is 1.28 bits per heavy atom. The van der Waals surface area contributed by atoms with Crippen LogP contribution >= 0.6 is 0 Å². The second-order valence-corrected chi connectivity index (χ2v) is 5.86. The van der Waals surface area contributed by atoms with Gasteiger partial charge in [0.1, 0.15) is 11.4 Å². The lowest BCUT2D eigenvalue weighted by Crippen LogP contribution is -2.83. The standard InChI is InChI=1S/C22H18N2O/c1-25-19-14-12-18(13-15-19)22-23-20(16-8-4-2-5-9-16)21(24-22)17-10-6-3-7-11-17/h2-15H,1H3,(H,23,24)/p+1. The molecule has 0 aromatic heterocycles. The van der Waals surface area contributed by atoms with Crippen LogP contribution in [-0.2, 0) is 0 Å². The van der Waals surface area contributed by atoms with Gasteiger partial charge in [0.15, 0.2) is 5.70 Å². The van der Waals surface area contributed by atoms with Crippen LogP contribution in [0.2, 0.25) is 0 Å². The summed E-state index contributed by atoms with van der Waals surface area (Å²) in [6, 6.07) is 28.8. The van der Waals surface area contributed by atoms with E-state index in [1.54, 1.807) is 7.11 Å². The van der Waals surface area contributed by atoms with Crippen molar-refractivity contribution in [3.8, 4) is 5.75 Å². The Morgan fingerprint density at radius 3 is 1.88 bits per heavy atom. The summed E-state index contributed by atoms with van der Waals surface area (Å²) in [7, 11) is 1.68. The smallest absolute Gasteiger partial charge is 0.237 e. The Morgan fingerprint density at radius 1 is 0.680 bits per heavy atom. The molecular weight excluding hydrogens is 308 g/mol. The van der Waals surface area contributed by atoms with Gasteiger partial charge in [-0.1, -0.05) is 48.5 Å². The molecule has 0 saturated carbocycles. The molecule has 0 bridgehead atoms. The van der Waals surface area contributed by atoms with Crippen molar-refractivity contribution in [3.63, 3.8) is 0 Å². The third-order valence-electron chi connectivity index (χ3n) is 4.29. The maximum atomic E-state index is 5.25. The van der Waals surface area contributed by atoms with Crippen molar-refractivity contribution in [2.45, 2.75) is 0 Å². The fourth-order valence-corrected chi connectivity index (χ4v) is 2.98. The lowest BCUT2D eigenvalue weighted by atomic mass is 10.1. The predicted molar refractivity (Wildman–Crippen MR) is 101 cm³/mol. The molecule has 0 aliphatic carbocycles. The van der Waals surface area contributed by atoms with Crippen LogP contribution in [-0.4, -0.2) is 12.9 Å². The minimum absolute atomic E-state index is 0.849. The molecule has 0 unspecified atom stereocenters. The van der Waals surface area contributed by atoms with E-state index in [2.05, 4.69) is 41.7 Å². The first-order valence-corrected chi connectivity index (χ1v) is 8.28. The van der Waals surface area contributed by atoms with E-state index in [1.165, 1.54) is 5.56 Å². The van der Waals surface area contributed by atoms with Crippen LogP contribution < -0.4 is 10.1 Å². The highest BCUT2D eigenvalue weighted by Crippen LogP contribution is 2.27. The number of hydrogen-bond donors (Lipinski definition) is 1. The van der Waals surface area contributed by atoms with Crippen molar-refractivity contribution in [2.24, 2.45) is 4.99 Å². The summed E-state index contributed by atoms with van der Waals surface area (Å²) in [5.74, 6) is 1.82. The Kier molecular flexibility index (Phi) is 4.15. The number of benzene rings is 3. The molecule has 1 aliphatic rings. The minimum atomic E-state index is 0.849. The van der Waals surface area contributed by atoms with E-state index >= 15 is 0 Å². The number of rotatable bonds is 4. The molecule has 25 heavy (non-hydrogen) atoms. The highest BCUT2D eigenvalue weighted by atomic mass is 16.5. The summed E-state index contributed by atoms with van der Waals surface area (Å²) in [6.07, 6.45) is 0. The fraction of sp³-hybridized carbons (Fsp3) is 0.0455. The molecule has 3 nitrogen and oxygen atoms in total. The number of hydrogen-bond acceptors (Lipinski definition) is 2. The third kappa shape index (κ3) is 3.10. The number of aliphatic imine (C=N–C) groups is 1. The van der Waals surface area contributed by atoms with E-state index in [1.807, 2.05) is 48.5 Å². The quantitative estimate of drug-likeness (QED) is 0.782. The average Bonchev–Trinajstić information content (AvgIpc) is 3.15. The van der Waals surface area contributed by atoms with Gasteiger partial charge in [0.2, 0.25) is 5.84 Å². The topological polar surface area (TPSA) is 38.2 Å². The van der Waals surface area contributed by atoms with E-state index in [4.69, 9.17) is 9.73 Å². The van der Waals surface area contributed by atoms with Gasteiger partial charge in [-0.15, -0.1) is 0 Å². The Labute approximate surface area is 147 Å². The highest BCUT2D eigenvalue weighted by Gasteiger charge is 2.26. The molecule has 1 heterocycles. The number of quaternary nitrogens is 1. The summed E-state index contributed by atoms with van der Waals surface area (Å²) in [5.41, 5.74) is 5.55. The van der Waals surface area contributed by atoms with E-state index in [0.29, 0.717) is 0 Å².